The molecule has 2 heterocycles. The molecule has 1 aliphatic heterocycles. The molecule has 6 nitrogen and oxygen atoms in total. The van der Waals surface area contributed by atoms with Crippen molar-refractivity contribution >= 4 is 28.5 Å². The van der Waals surface area contributed by atoms with E-state index >= 15 is 0 Å². The number of hydrogen-bond acceptors (Lipinski definition) is 5. The number of rotatable bonds is 5. The van der Waals surface area contributed by atoms with Gasteiger partial charge < -0.3 is 19.7 Å². The Morgan fingerprint density at radius 1 is 1.08 bits per heavy atom. The van der Waals surface area contributed by atoms with Crippen LogP contribution in [0.25, 0.3) is 11.0 Å². The van der Waals surface area contributed by atoms with Gasteiger partial charge in [0.2, 0.25) is 5.88 Å². The van der Waals surface area contributed by atoms with Gasteiger partial charge in [-0.3, -0.25) is 4.79 Å². The lowest BCUT2D eigenvalue weighted by atomic mass is 10.00. The highest BCUT2D eigenvalue weighted by Crippen LogP contribution is 2.35. The van der Waals surface area contributed by atoms with Gasteiger partial charge in [0.05, 0.1) is 22.7 Å². The first kappa shape index (κ1) is 23.5. The van der Waals surface area contributed by atoms with Gasteiger partial charge in [-0.05, 0) is 67.8 Å². The topological polar surface area (TPSA) is 82.8 Å². The summed E-state index contributed by atoms with van der Waals surface area (Å²) in [4.78, 5) is 27.0. The third kappa shape index (κ3) is 3.98. The predicted octanol–water partition coefficient (Wildman–Crippen LogP) is 6.08. The summed E-state index contributed by atoms with van der Waals surface area (Å²) in [6.07, 6.45) is 0. The molecule has 1 aliphatic rings. The molecule has 3 aromatic carbocycles. The van der Waals surface area contributed by atoms with Crippen LogP contribution in [0.4, 0.5) is 20.4 Å². The summed E-state index contributed by atoms with van der Waals surface area (Å²) in [5, 5.41) is 13.0. The highest BCUT2D eigenvalue weighted by atomic mass is 19.1. The molecule has 36 heavy (non-hydrogen) atoms. The lowest BCUT2D eigenvalue weighted by Crippen LogP contribution is -2.20. The number of halogens is 2. The van der Waals surface area contributed by atoms with Gasteiger partial charge in [-0.25, -0.2) is 13.6 Å². The zero-order chi connectivity index (χ0) is 25.7. The maximum absolute atomic E-state index is 14.2. The smallest absolute Gasteiger partial charge is 0.340 e. The average molecular weight is 491 g/mol. The maximum atomic E-state index is 14.2. The number of anilines is 2. The minimum atomic E-state index is -1.38. The Balaban J connectivity index is 1.60. The lowest BCUT2D eigenvalue weighted by molar-refractivity contribution is 0.0693. The number of hydrogen-bond donors (Lipinski definition) is 2. The van der Waals surface area contributed by atoms with Crippen LogP contribution in [0, 0.1) is 25.5 Å². The molecule has 0 saturated heterocycles. The van der Waals surface area contributed by atoms with Crippen molar-refractivity contribution in [3.8, 4) is 0 Å². The van der Waals surface area contributed by atoms with Crippen LogP contribution in [-0.4, -0.2) is 11.1 Å². The van der Waals surface area contributed by atoms with Gasteiger partial charge in [0, 0.05) is 18.7 Å². The Kier molecular flexibility index (Phi) is 5.74. The maximum Gasteiger partial charge on any atom is 0.340 e. The van der Waals surface area contributed by atoms with E-state index in [0.717, 1.165) is 22.8 Å². The third-order valence-electron chi connectivity index (χ3n) is 6.61. The van der Waals surface area contributed by atoms with Gasteiger partial charge in [0.25, 0.3) is 0 Å². The van der Waals surface area contributed by atoms with E-state index in [9.17, 15) is 23.5 Å². The summed E-state index contributed by atoms with van der Waals surface area (Å²) in [6, 6.07) is 11.8. The van der Waals surface area contributed by atoms with Gasteiger partial charge in [0.1, 0.15) is 22.8 Å². The number of nitrogens with zero attached hydrogens (tertiary/aromatic N) is 1. The number of benzene rings is 3. The van der Waals surface area contributed by atoms with Crippen LogP contribution < -0.4 is 15.6 Å². The van der Waals surface area contributed by atoms with Gasteiger partial charge in [-0.15, -0.1) is 0 Å². The Hall–Kier alpha value is -4.20. The molecule has 0 fully saturated rings. The number of aromatic carboxylic acids is 1. The largest absolute Gasteiger partial charge is 0.478 e. The van der Waals surface area contributed by atoms with Crippen molar-refractivity contribution in [3.05, 3.63) is 104 Å². The lowest BCUT2D eigenvalue weighted by Gasteiger charge is -2.22. The van der Waals surface area contributed by atoms with Crippen LogP contribution >= 0.6 is 0 Å². The van der Waals surface area contributed by atoms with Gasteiger partial charge in [-0.1, -0.05) is 18.2 Å². The van der Waals surface area contributed by atoms with Crippen LogP contribution in [0.15, 0.2) is 57.7 Å². The number of aryl methyl sites for hydroxylation is 1. The van der Waals surface area contributed by atoms with Crippen molar-refractivity contribution < 1.29 is 23.1 Å². The normalized spacial score (nSPS) is 13.6. The Morgan fingerprint density at radius 3 is 2.58 bits per heavy atom. The first-order chi connectivity index (χ1) is 17.1. The quantitative estimate of drug-likeness (QED) is 0.353. The zero-order valence-electron chi connectivity index (χ0n) is 20.0. The molecular weight excluding hydrogens is 466 g/mol. The predicted molar refractivity (Wildman–Crippen MR) is 134 cm³/mol. The molecule has 0 amide bonds. The summed E-state index contributed by atoms with van der Waals surface area (Å²) >= 11 is 0. The standard InChI is InChI=1S/C28H24F2N2O4/c1-14-9-20(16(3)31-23-6-4-5-22(30)24(23)28(34)35)26-21(10-14)25(33)15(2)27(36-26)32-12-17-7-8-19(29)11-18(17)13-32/h4-11,16,31H,12-13H2,1-3H3,(H,34,35)/t16-/m1/s1. The van der Waals surface area contributed by atoms with Crippen molar-refractivity contribution in [2.75, 3.05) is 10.2 Å². The van der Waals surface area contributed by atoms with E-state index in [-0.39, 0.29) is 16.9 Å². The summed E-state index contributed by atoms with van der Waals surface area (Å²) in [7, 11) is 0. The van der Waals surface area contributed by atoms with Crippen LogP contribution in [0.5, 0.6) is 0 Å². The zero-order valence-corrected chi connectivity index (χ0v) is 20.0. The fraction of sp³-hybridized carbons (Fsp3) is 0.214. The van der Waals surface area contributed by atoms with E-state index in [2.05, 4.69) is 5.32 Å². The minimum Gasteiger partial charge on any atom is -0.478 e. The van der Waals surface area contributed by atoms with E-state index < -0.39 is 23.4 Å². The molecule has 2 N–H and O–H groups in total. The molecule has 4 aromatic rings. The van der Waals surface area contributed by atoms with Gasteiger partial charge in [0.15, 0.2) is 5.43 Å². The third-order valence-corrected chi connectivity index (χ3v) is 6.61. The molecule has 0 saturated carbocycles. The molecule has 0 bridgehead atoms. The molecule has 1 atom stereocenters. The van der Waals surface area contributed by atoms with Crippen LogP contribution in [0.1, 0.15) is 51.1 Å². The molecule has 0 aliphatic carbocycles. The summed E-state index contributed by atoms with van der Waals surface area (Å²) in [5.41, 5.74) is 3.56. The van der Waals surface area contributed by atoms with Crippen molar-refractivity contribution in [3.63, 3.8) is 0 Å². The fourth-order valence-corrected chi connectivity index (χ4v) is 4.86. The SMILES string of the molecule is Cc1cc([C@@H](C)Nc2cccc(F)c2C(=O)O)c2oc(N3Cc4ccc(F)cc4C3)c(C)c(=O)c2c1. The van der Waals surface area contributed by atoms with Crippen molar-refractivity contribution in [2.45, 2.75) is 39.9 Å². The number of nitrogens with one attached hydrogen (secondary N) is 1. The van der Waals surface area contributed by atoms with Crippen LogP contribution in [-0.2, 0) is 13.1 Å². The number of carbonyl (C=O) groups is 1. The second kappa shape index (κ2) is 8.78. The van der Waals surface area contributed by atoms with Crippen LogP contribution in [0.2, 0.25) is 0 Å². The Bertz CT molecular complexity index is 1600. The van der Waals surface area contributed by atoms with Crippen molar-refractivity contribution in [1.29, 1.82) is 0 Å². The molecule has 8 heteroatoms. The second-order valence-corrected chi connectivity index (χ2v) is 9.19. The van der Waals surface area contributed by atoms with E-state index in [1.54, 1.807) is 26.0 Å². The van der Waals surface area contributed by atoms with Gasteiger partial charge >= 0.3 is 5.97 Å². The van der Waals surface area contributed by atoms with Crippen molar-refractivity contribution in [2.24, 2.45) is 0 Å². The molecule has 184 valence electrons. The molecule has 1 aromatic heterocycles. The molecule has 0 unspecified atom stereocenters. The summed E-state index contributed by atoms with van der Waals surface area (Å²) in [5.74, 6) is -2.14. The van der Waals surface area contributed by atoms with E-state index in [1.807, 2.05) is 17.9 Å². The first-order valence-corrected chi connectivity index (χ1v) is 11.5. The van der Waals surface area contributed by atoms with Gasteiger partial charge in [-0.2, -0.15) is 0 Å². The Labute approximate surface area is 205 Å². The first-order valence-electron chi connectivity index (χ1n) is 11.5. The highest BCUT2D eigenvalue weighted by Gasteiger charge is 2.26. The fourth-order valence-electron chi connectivity index (χ4n) is 4.86. The Morgan fingerprint density at radius 2 is 1.83 bits per heavy atom. The average Bonchev–Trinajstić information content (AvgIpc) is 3.23. The monoisotopic (exact) mass is 490 g/mol. The number of fused-ring (bicyclic) bond motifs is 2. The number of carboxylic acid groups (broad SMARTS) is 1. The summed E-state index contributed by atoms with van der Waals surface area (Å²) in [6.45, 7) is 6.24. The van der Waals surface area contributed by atoms with E-state index in [0.29, 0.717) is 41.1 Å². The number of carboxylic acids is 1. The summed E-state index contributed by atoms with van der Waals surface area (Å²) < 4.78 is 34.3. The second-order valence-electron chi connectivity index (χ2n) is 9.19. The molecular formula is C28H24F2N2O4. The molecule has 5 rings (SSSR count). The minimum absolute atomic E-state index is 0.122. The van der Waals surface area contributed by atoms with E-state index in [1.165, 1.54) is 24.3 Å². The highest BCUT2D eigenvalue weighted by molar-refractivity contribution is 5.94. The van der Waals surface area contributed by atoms with E-state index in [4.69, 9.17) is 4.42 Å². The molecule has 0 spiro atoms. The van der Waals surface area contributed by atoms with Crippen LogP contribution in [0.3, 0.4) is 0 Å². The van der Waals surface area contributed by atoms with Crippen molar-refractivity contribution in [1.82, 2.24) is 0 Å². The molecule has 0 radical (unpaired) electrons.